The molecule has 1 atom stereocenters. The highest BCUT2D eigenvalue weighted by Gasteiger charge is 2.32. The van der Waals surface area contributed by atoms with Crippen LogP contribution in [-0.4, -0.2) is 38.3 Å². The molecule has 2 amide bonds. The van der Waals surface area contributed by atoms with Crippen molar-refractivity contribution in [2.45, 2.75) is 55.8 Å². The highest BCUT2D eigenvalue weighted by molar-refractivity contribution is 7.89. The van der Waals surface area contributed by atoms with Gasteiger partial charge in [-0.05, 0) is 71.8 Å². The molecular formula is C35H36ClN3O5S. The van der Waals surface area contributed by atoms with Gasteiger partial charge in [0.25, 0.3) is 0 Å². The second-order valence-electron chi connectivity index (χ2n) is 11.0. The molecule has 4 aromatic rings. The molecule has 0 unspecified atom stereocenters. The summed E-state index contributed by atoms with van der Waals surface area (Å²) in [5.41, 5.74) is 3.10. The van der Waals surface area contributed by atoms with Crippen LogP contribution >= 0.6 is 11.6 Å². The molecule has 2 N–H and O–H groups in total. The van der Waals surface area contributed by atoms with Crippen molar-refractivity contribution in [2.75, 3.05) is 7.11 Å². The van der Waals surface area contributed by atoms with E-state index < -0.39 is 16.1 Å². The predicted molar refractivity (Wildman–Crippen MR) is 174 cm³/mol. The van der Waals surface area contributed by atoms with Crippen molar-refractivity contribution in [1.82, 2.24) is 14.9 Å². The number of amides is 2. The molecule has 4 aromatic carbocycles. The van der Waals surface area contributed by atoms with E-state index in [1.807, 2.05) is 72.8 Å². The average Bonchev–Trinajstić information content (AvgIpc) is 3.87. The molecule has 45 heavy (non-hydrogen) atoms. The molecule has 5 rings (SSSR count). The number of hydrogen-bond donors (Lipinski definition) is 2. The molecule has 0 aromatic heterocycles. The first-order valence-electron chi connectivity index (χ1n) is 14.8. The second kappa shape index (κ2) is 14.7. The second-order valence-corrected chi connectivity index (χ2v) is 13.2. The lowest BCUT2D eigenvalue weighted by Crippen LogP contribution is -2.43. The van der Waals surface area contributed by atoms with Crippen molar-refractivity contribution in [3.05, 3.63) is 130 Å². The molecule has 234 valence electrons. The van der Waals surface area contributed by atoms with Crippen LogP contribution < -0.4 is 14.8 Å². The van der Waals surface area contributed by atoms with Crippen LogP contribution in [0.5, 0.6) is 5.75 Å². The van der Waals surface area contributed by atoms with Crippen LogP contribution in [0, 0.1) is 0 Å². The number of nitrogens with one attached hydrogen (secondary N) is 2. The molecule has 0 saturated heterocycles. The zero-order valence-corrected chi connectivity index (χ0v) is 26.6. The van der Waals surface area contributed by atoms with Gasteiger partial charge in [-0.15, -0.1) is 0 Å². The van der Waals surface area contributed by atoms with E-state index in [9.17, 15) is 18.0 Å². The summed E-state index contributed by atoms with van der Waals surface area (Å²) >= 11 is 6.35. The first-order valence-corrected chi connectivity index (χ1v) is 16.7. The summed E-state index contributed by atoms with van der Waals surface area (Å²) in [5.74, 6) is 0.131. The van der Waals surface area contributed by atoms with E-state index in [0.717, 1.165) is 29.5 Å². The van der Waals surface area contributed by atoms with Gasteiger partial charge in [0.15, 0.2) is 0 Å². The van der Waals surface area contributed by atoms with Gasteiger partial charge >= 0.3 is 0 Å². The zero-order valence-electron chi connectivity index (χ0n) is 25.0. The van der Waals surface area contributed by atoms with Gasteiger partial charge in [0.2, 0.25) is 21.8 Å². The van der Waals surface area contributed by atoms with E-state index in [0.29, 0.717) is 22.8 Å². The molecule has 0 spiro atoms. The van der Waals surface area contributed by atoms with Gasteiger partial charge in [-0.1, -0.05) is 84.4 Å². The quantitative estimate of drug-likeness (QED) is 0.180. The van der Waals surface area contributed by atoms with Gasteiger partial charge in [-0.3, -0.25) is 9.59 Å². The Morgan fingerprint density at radius 2 is 1.53 bits per heavy atom. The Balaban J connectivity index is 1.38. The maximum absolute atomic E-state index is 14.0. The summed E-state index contributed by atoms with van der Waals surface area (Å²) in [6.45, 7) is 0.392. The van der Waals surface area contributed by atoms with E-state index in [4.69, 9.17) is 16.3 Å². The molecule has 0 heterocycles. The largest absolute Gasteiger partial charge is 0.497 e. The third-order valence-electron chi connectivity index (χ3n) is 7.68. The van der Waals surface area contributed by atoms with Gasteiger partial charge in [0.1, 0.15) is 11.8 Å². The molecule has 8 nitrogen and oxygen atoms in total. The minimum Gasteiger partial charge on any atom is -0.497 e. The number of rotatable bonds is 14. The zero-order chi connectivity index (χ0) is 31.8. The van der Waals surface area contributed by atoms with Gasteiger partial charge in [0, 0.05) is 30.6 Å². The Labute approximate surface area is 269 Å². The number of carbonyl (C=O) groups excluding carboxylic acids is 2. The van der Waals surface area contributed by atoms with Gasteiger partial charge < -0.3 is 15.0 Å². The normalized spacial score (nSPS) is 13.6. The van der Waals surface area contributed by atoms with E-state index in [2.05, 4.69) is 10.0 Å². The number of hydrogen-bond acceptors (Lipinski definition) is 5. The Kier molecular flexibility index (Phi) is 10.5. The smallest absolute Gasteiger partial charge is 0.247 e. The Morgan fingerprint density at radius 1 is 0.889 bits per heavy atom. The molecule has 0 radical (unpaired) electrons. The Bertz CT molecular complexity index is 1710. The number of halogens is 1. The molecular weight excluding hydrogens is 610 g/mol. The van der Waals surface area contributed by atoms with Crippen molar-refractivity contribution in [3.8, 4) is 5.75 Å². The molecule has 10 heteroatoms. The predicted octanol–water partition coefficient (Wildman–Crippen LogP) is 5.81. The number of benzene rings is 4. The van der Waals surface area contributed by atoms with E-state index in [1.54, 1.807) is 42.3 Å². The molecule has 0 aliphatic heterocycles. The fraction of sp³-hybridized carbons (Fsp3) is 0.257. The summed E-state index contributed by atoms with van der Waals surface area (Å²) in [4.78, 5) is 29.8. The van der Waals surface area contributed by atoms with Crippen molar-refractivity contribution >= 4 is 33.4 Å². The van der Waals surface area contributed by atoms with Crippen LogP contribution in [0.1, 0.15) is 47.6 Å². The summed E-state index contributed by atoms with van der Waals surface area (Å²) < 4.78 is 33.1. The number of methoxy groups -OCH3 is 1. The third-order valence-corrected chi connectivity index (χ3v) is 9.58. The van der Waals surface area contributed by atoms with E-state index in [1.165, 1.54) is 0 Å². The Morgan fingerprint density at radius 3 is 2.18 bits per heavy atom. The minimum atomic E-state index is -3.56. The highest BCUT2D eigenvalue weighted by Crippen LogP contribution is 2.27. The Hall–Kier alpha value is -4.18. The van der Waals surface area contributed by atoms with Crippen molar-refractivity contribution in [3.63, 3.8) is 0 Å². The lowest BCUT2D eigenvalue weighted by molar-refractivity contribution is -0.141. The monoisotopic (exact) mass is 645 g/mol. The summed E-state index contributed by atoms with van der Waals surface area (Å²) in [6.07, 6.45) is 2.20. The van der Waals surface area contributed by atoms with Crippen LogP contribution in [-0.2, 0) is 39.1 Å². The highest BCUT2D eigenvalue weighted by atomic mass is 35.5. The van der Waals surface area contributed by atoms with Crippen LogP contribution in [0.2, 0.25) is 5.02 Å². The number of sulfonamides is 1. The average molecular weight is 646 g/mol. The molecule has 1 fully saturated rings. The van der Waals surface area contributed by atoms with E-state index >= 15 is 0 Å². The van der Waals surface area contributed by atoms with Crippen LogP contribution in [0.25, 0.3) is 0 Å². The van der Waals surface area contributed by atoms with Gasteiger partial charge in [-0.2, -0.15) is 0 Å². The van der Waals surface area contributed by atoms with Crippen LogP contribution in [0.4, 0.5) is 0 Å². The summed E-state index contributed by atoms with van der Waals surface area (Å²) in [5, 5.41) is 3.53. The fourth-order valence-corrected chi connectivity index (χ4v) is 6.51. The maximum atomic E-state index is 14.0. The standard InChI is InChI=1S/C35H36ClN3O5S/c1-44-30-18-11-26(12-19-30)24-39(33(40)22-15-25-13-20-31(21-14-25)45(42,43)38-29-16-17-29)34(27-7-3-2-4-8-27)35(41)37-23-28-9-5-6-10-32(28)36/h2-14,18-21,29,34,38H,15-17,22-24H2,1H3,(H,37,41)/t34-/m1/s1. The number of carbonyl (C=O) groups is 2. The van der Waals surface area contributed by atoms with Crippen molar-refractivity contribution < 1.29 is 22.7 Å². The van der Waals surface area contributed by atoms with Gasteiger partial charge in [0.05, 0.1) is 12.0 Å². The first-order chi connectivity index (χ1) is 21.7. The lowest BCUT2D eigenvalue weighted by Gasteiger charge is -2.32. The van der Waals surface area contributed by atoms with Crippen LogP contribution in [0.3, 0.4) is 0 Å². The number of aryl methyl sites for hydroxylation is 1. The first kappa shape index (κ1) is 32.2. The molecule has 1 aliphatic rings. The molecule has 0 bridgehead atoms. The maximum Gasteiger partial charge on any atom is 0.247 e. The molecule has 1 saturated carbocycles. The third kappa shape index (κ3) is 8.72. The van der Waals surface area contributed by atoms with Crippen LogP contribution in [0.15, 0.2) is 108 Å². The number of ether oxygens (including phenoxy) is 1. The lowest BCUT2D eigenvalue weighted by atomic mass is 10.0. The molecule has 1 aliphatic carbocycles. The summed E-state index contributed by atoms with van der Waals surface area (Å²) in [7, 11) is -1.98. The topological polar surface area (TPSA) is 105 Å². The van der Waals surface area contributed by atoms with Gasteiger partial charge in [-0.25, -0.2) is 13.1 Å². The summed E-state index contributed by atoms with van der Waals surface area (Å²) in [6, 6.07) is 29.6. The minimum absolute atomic E-state index is 0.0171. The fourth-order valence-electron chi connectivity index (χ4n) is 5.00. The SMILES string of the molecule is COc1ccc(CN(C(=O)CCc2ccc(S(=O)(=O)NC3CC3)cc2)[C@@H](C(=O)NCc2ccccc2Cl)c2ccccc2)cc1. The van der Waals surface area contributed by atoms with Crippen molar-refractivity contribution in [2.24, 2.45) is 0 Å². The van der Waals surface area contributed by atoms with Crippen molar-refractivity contribution in [1.29, 1.82) is 0 Å². The number of nitrogens with zero attached hydrogens (tertiary/aromatic N) is 1. The van der Waals surface area contributed by atoms with E-state index in [-0.39, 0.29) is 42.3 Å².